The summed E-state index contributed by atoms with van der Waals surface area (Å²) >= 11 is 6.44. The van der Waals surface area contributed by atoms with Gasteiger partial charge in [0, 0.05) is 40.9 Å². The number of likely N-dealkylation sites (tertiary alicyclic amines) is 1. The van der Waals surface area contributed by atoms with Gasteiger partial charge in [-0.25, -0.2) is 8.42 Å². The molecule has 4 aromatic rings. The van der Waals surface area contributed by atoms with Crippen molar-refractivity contribution in [1.29, 1.82) is 0 Å². The number of carbonyl (C=O) groups excluding carboxylic acids is 1. The molecule has 1 aliphatic rings. The summed E-state index contributed by atoms with van der Waals surface area (Å²) in [5.74, 6) is 0.220. The summed E-state index contributed by atoms with van der Waals surface area (Å²) in [6.45, 7) is 5.88. The van der Waals surface area contributed by atoms with E-state index in [1.54, 1.807) is 30.3 Å². The van der Waals surface area contributed by atoms with Gasteiger partial charge in [-0.15, -0.1) is 0 Å². The molecule has 0 aliphatic carbocycles. The topological polar surface area (TPSA) is 104 Å². The number of carbonyl (C=O) groups is 1. The van der Waals surface area contributed by atoms with Crippen molar-refractivity contribution in [2.45, 2.75) is 43.7 Å². The Kier molecular flexibility index (Phi) is 8.40. The van der Waals surface area contributed by atoms with E-state index in [9.17, 15) is 13.2 Å². The summed E-state index contributed by atoms with van der Waals surface area (Å²) in [7, 11) is -1.52. The van der Waals surface area contributed by atoms with E-state index in [0.717, 1.165) is 37.0 Å². The molecular formula is C31H35ClN4O4S. The highest BCUT2D eigenvalue weighted by molar-refractivity contribution is 7.90. The van der Waals surface area contributed by atoms with Crippen LogP contribution in [0.3, 0.4) is 0 Å². The van der Waals surface area contributed by atoms with Gasteiger partial charge in [0.15, 0.2) is 9.84 Å². The minimum atomic E-state index is -3.58. The van der Waals surface area contributed by atoms with Crippen molar-refractivity contribution >= 4 is 38.2 Å². The predicted octanol–water partition coefficient (Wildman–Crippen LogP) is 5.89. The summed E-state index contributed by atoms with van der Waals surface area (Å²) < 4.78 is 31.8. The number of amides is 1. The van der Waals surface area contributed by atoms with Crippen molar-refractivity contribution < 1.29 is 17.9 Å². The first-order valence-electron chi connectivity index (χ1n) is 13.7. The van der Waals surface area contributed by atoms with E-state index in [4.69, 9.17) is 16.3 Å². The zero-order chi connectivity index (χ0) is 29.3. The number of piperidine rings is 1. The number of aromatic amines is 1. The fourth-order valence-corrected chi connectivity index (χ4v) is 6.33. The molecule has 0 spiro atoms. The molecule has 2 N–H and O–H groups in total. The standard InChI is InChI=1S/C31H35ClN4O4S/c1-19(2)29(23-7-5-6-8-25(23)32)33-31(37)21-9-11-26-24(17-21)30(35-34-26)20-10-12-27(28(18-20)41(4,38)39)40-22-13-15-36(3)16-14-22/h5-12,17-19,22,29H,13-16H2,1-4H3,(H,33,37)(H,34,35). The van der Waals surface area contributed by atoms with Crippen molar-refractivity contribution in [1.82, 2.24) is 20.4 Å². The Morgan fingerprint density at radius 2 is 1.83 bits per heavy atom. The Bertz CT molecular complexity index is 1680. The van der Waals surface area contributed by atoms with Crippen LogP contribution in [0.2, 0.25) is 5.02 Å². The smallest absolute Gasteiger partial charge is 0.251 e. The van der Waals surface area contributed by atoms with Gasteiger partial charge in [0.2, 0.25) is 0 Å². The van der Waals surface area contributed by atoms with Crippen molar-refractivity contribution in [2.75, 3.05) is 26.4 Å². The zero-order valence-corrected chi connectivity index (χ0v) is 25.2. The number of sulfone groups is 1. The second kappa shape index (κ2) is 11.8. The maximum Gasteiger partial charge on any atom is 0.251 e. The molecule has 1 aromatic heterocycles. The highest BCUT2D eigenvalue weighted by atomic mass is 35.5. The molecule has 216 valence electrons. The molecule has 0 saturated carbocycles. The van der Waals surface area contributed by atoms with Crippen LogP contribution >= 0.6 is 11.6 Å². The number of nitrogens with one attached hydrogen (secondary N) is 2. The van der Waals surface area contributed by atoms with Crippen LogP contribution in [0.15, 0.2) is 65.6 Å². The summed E-state index contributed by atoms with van der Waals surface area (Å²) in [4.78, 5) is 15.8. The van der Waals surface area contributed by atoms with Gasteiger partial charge < -0.3 is 15.0 Å². The second-order valence-electron chi connectivity index (χ2n) is 11.1. The Hall–Kier alpha value is -3.40. The van der Waals surface area contributed by atoms with Gasteiger partial charge >= 0.3 is 0 Å². The third-order valence-corrected chi connectivity index (χ3v) is 9.06. The van der Waals surface area contributed by atoms with Gasteiger partial charge in [-0.05, 0) is 73.8 Å². The van der Waals surface area contributed by atoms with E-state index >= 15 is 0 Å². The molecule has 1 unspecified atom stereocenters. The van der Waals surface area contributed by atoms with Gasteiger partial charge in [-0.3, -0.25) is 9.89 Å². The van der Waals surface area contributed by atoms with Gasteiger partial charge in [0.1, 0.15) is 16.7 Å². The molecule has 1 atom stereocenters. The molecule has 0 bridgehead atoms. The van der Waals surface area contributed by atoms with Crippen molar-refractivity contribution in [3.8, 4) is 17.0 Å². The van der Waals surface area contributed by atoms with Crippen LogP contribution < -0.4 is 10.1 Å². The Morgan fingerprint density at radius 1 is 1.10 bits per heavy atom. The van der Waals surface area contributed by atoms with Crippen LogP contribution in [0.4, 0.5) is 0 Å². The third-order valence-electron chi connectivity index (χ3n) is 7.59. The van der Waals surface area contributed by atoms with Gasteiger partial charge in [0.25, 0.3) is 5.91 Å². The largest absolute Gasteiger partial charge is 0.489 e. The fourth-order valence-electron chi connectivity index (χ4n) is 5.26. The molecule has 1 aliphatic heterocycles. The Morgan fingerprint density at radius 3 is 2.51 bits per heavy atom. The van der Waals surface area contributed by atoms with Gasteiger partial charge in [-0.2, -0.15) is 5.10 Å². The Balaban J connectivity index is 1.46. The minimum absolute atomic E-state index is 0.0368. The fraction of sp³-hybridized carbons (Fsp3) is 0.355. The number of ether oxygens (including phenoxy) is 1. The molecule has 1 amide bonds. The first-order chi connectivity index (χ1) is 19.5. The molecule has 2 heterocycles. The number of halogens is 1. The highest BCUT2D eigenvalue weighted by Gasteiger charge is 2.24. The minimum Gasteiger partial charge on any atom is -0.489 e. The lowest BCUT2D eigenvalue weighted by Gasteiger charge is -2.29. The Labute approximate surface area is 246 Å². The SMILES string of the molecule is CC(C)C(NC(=O)c1ccc2[nH]nc(-c3ccc(OC4CCN(C)CC4)c(S(C)(=O)=O)c3)c2c1)c1ccccc1Cl. The lowest BCUT2D eigenvalue weighted by atomic mass is 9.95. The highest BCUT2D eigenvalue weighted by Crippen LogP contribution is 2.35. The molecule has 10 heteroatoms. The van der Waals surface area contributed by atoms with Crippen LogP contribution in [-0.4, -0.2) is 61.9 Å². The number of fused-ring (bicyclic) bond motifs is 1. The number of nitrogens with zero attached hydrogens (tertiary/aromatic N) is 2. The van der Waals surface area contributed by atoms with Crippen molar-refractivity contribution in [3.05, 3.63) is 76.8 Å². The number of rotatable bonds is 8. The number of H-pyrrole nitrogens is 1. The lowest BCUT2D eigenvalue weighted by Crippen LogP contribution is -2.35. The van der Waals surface area contributed by atoms with Crippen molar-refractivity contribution in [2.24, 2.45) is 5.92 Å². The normalized spacial score (nSPS) is 15.8. The van der Waals surface area contributed by atoms with Crippen LogP contribution in [0, 0.1) is 5.92 Å². The quantitative estimate of drug-likeness (QED) is 0.264. The van der Waals surface area contributed by atoms with Crippen LogP contribution in [0.5, 0.6) is 5.75 Å². The number of hydrogen-bond acceptors (Lipinski definition) is 6. The zero-order valence-electron chi connectivity index (χ0n) is 23.6. The van der Waals surface area contributed by atoms with Crippen LogP contribution in [0.1, 0.15) is 48.7 Å². The average molecular weight is 595 g/mol. The number of aromatic nitrogens is 2. The first-order valence-corrected chi connectivity index (χ1v) is 16.0. The molecule has 0 radical (unpaired) electrons. The monoisotopic (exact) mass is 594 g/mol. The van der Waals surface area contributed by atoms with E-state index in [-0.39, 0.29) is 28.9 Å². The van der Waals surface area contributed by atoms with Crippen LogP contribution in [0.25, 0.3) is 22.2 Å². The van der Waals surface area contributed by atoms with E-state index in [1.165, 1.54) is 6.26 Å². The predicted molar refractivity (Wildman–Crippen MR) is 162 cm³/mol. The van der Waals surface area contributed by atoms with E-state index < -0.39 is 9.84 Å². The van der Waals surface area contributed by atoms with Gasteiger partial charge in [-0.1, -0.05) is 43.6 Å². The van der Waals surface area contributed by atoms with Gasteiger partial charge in [0.05, 0.1) is 17.3 Å². The molecule has 3 aromatic carbocycles. The third kappa shape index (κ3) is 6.42. The lowest BCUT2D eigenvalue weighted by molar-refractivity contribution is 0.0925. The second-order valence-corrected chi connectivity index (χ2v) is 13.5. The molecule has 41 heavy (non-hydrogen) atoms. The summed E-state index contributed by atoms with van der Waals surface area (Å²) in [6, 6.07) is 17.7. The van der Waals surface area contributed by atoms with Crippen LogP contribution in [-0.2, 0) is 9.84 Å². The van der Waals surface area contributed by atoms with E-state index in [1.807, 2.05) is 44.2 Å². The van der Waals surface area contributed by atoms with Crippen molar-refractivity contribution in [3.63, 3.8) is 0 Å². The number of benzene rings is 3. The summed E-state index contributed by atoms with van der Waals surface area (Å²) in [6.07, 6.45) is 2.82. The molecule has 1 saturated heterocycles. The molecule has 1 fully saturated rings. The molecule has 5 rings (SSSR count). The maximum absolute atomic E-state index is 13.4. The molecular weight excluding hydrogens is 560 g/mol. The summed E-state index contributed by atoms with van der Waals surface area (Å²) in [5.41, 5.74) is 3.22. The first kappa shape index (κ1) is 29.1. The number of hydrogen-bond donors (Lipinski definition) is 2. The molecule has 8 nitrogen and oxygen atoms in total. The van der Waals surface area contributed by atoms with E-state index in [0.29, 0.717) is 33.0 Å². The average Bonchev–Trinajstić information content (AvgIpc) is 3.36. The summed E-state index contributed by atoms with van der Waals surface area (Å²) in [5, 5.41) is 11.9. The maximum atomic E-state index is 13.4. The van der Waals surface area contributed by atoms with E-state index in [2.05, 4.69) is 27.5 Å².